The van der Waals surface area contributed by atoms with Crippen molar-refractivity contribution in [3.63, 3.8) is 0 Å². The number of halogens is 1. The zero-order valence-electron chi connectivity index (χ0n) is 10.1. The van der Waals surface area contributed by atoms with Crippen molar-refractivity contribution in [2.45, 2.75) is 6.54 Å². The number of nitrogens with two attached hydrogens (primary N) is 1. The van der Waals surface area contributed by atoms with Crippen LogP contribution in [0.1, 0.15) is 16.3 Å². The van der Waals surface area contributed by atoms with Crippen LogP contribution in [0.15, 0.2) is 34.7 Å². The number of nitro benzene ring substituents is 1. The molecule has 0 fully saturated rings. The fourth-order valence-electron chi connectivity index (χ4n) is 1.53. The van der Waals surface area contributed by atoms with Crippen molar-refractivity contribution >= 4 is 17.3 Å². The van der Waals surface area contributed by atoms with Crippen molar-refractivity contribution in [2.75, 3.05) is 5.32 Å². The number of benzene rings is 1. The van der Waals surface area contributed by atoms with Crippen LogP contribution in [-0.2, 0) is 6.54 Å². The highest BCUT2D eigenvalue weighted by Gasteiger charge is 2.17. The van der Waals surface area contributed by atoms with E-state index in [1.807, 2.05) is 0 Å². The minimum absolute atomic E-state index is 0.0115. The van der Waals surface area contributed by atoms with Crippen molar-refractivity contribution in [2.24, 2.45) is 5.73 Å². The molecule has 0 bridgehead atoms. The van der Waals surface area contributed by atoms with Crippen LogP contribution in [0.4, 0.5) is 15.8 Å². The SMILES string of the molecule is NCc1ccc(C(=O)Nc2ccc(F)c([N+](=O)[O-])c2)o1. The molecule has 3 N–H and O–H groups in total. The van der Waals surface area contributed by atoms with Gasteiger partial charge in [0.2, 0.25) is 5.82 Å². The van der Waals surface area contributed by atoms with Crippen LogP contribution in [0.25, 0.3) is 0 Å². The van der Waals surface area contributed by atoms with Gasteiger partial charge in [0.25, 0.3) is 5.91 Å². The summed E-state index contributed by atoms with van der Waals surface area (Å²) in [5, 5.41) is 13.0. The molecule has 0 saturated carbocycles. The predicted octanol–water partition coefficient (Wildman–Crippen LogP) is 2.04. The number of amides is 1. The van der Waals surface area contributed by atoms with Crippen LogP contribution in [0.3, 0.4) is 0 Å². The average molecular weight is 279 g/mol. The molecule has 0 aliphatic carbocycles. The van der Waals surface area contributed by atoms with Crippen LogP contribution in [0, 0.1) is 15.9 Å². The molecular formula is C12H10FN3O4. The third kappa shape index (κ3) is 2.81. The second kappa shape index (κ2) is 5.49. The number of hydrogen-bond donors (Lipinski definition) is 2. The van der Waals surface area contributed by atoms with E-state index in [0.29, 0.717) is 5.76 Å². The van der Waals surface area contributed by atoms with Crippen molar-refractivity contribution in [3.05, 3.63) is 57.8 Å². The second-order valence-electron chi connectivity index (χ2n) is 3.85. The first-order valence-corrected chi connectivity index (χ1v) is 5.55. The average Bonchev–Trinajstić information content (AvgIpc) is 2.89. The third-order valence-electron chi connectivity index (χ3n) is 2.49. The van der Waals surface area contributed by atoms with Gasteiger partial charge in [-0.2, -0.15) is 4.39 Å². The number of carbonyl (C=O) groups is 1. The van der Waals surface area contributed by atoms with Gasteiger partial charge in [0.15, 0.2) is 5.76 Å². The van der Waals surface area contributed by atoms with Crippen molar-refractivity contribution < 1.29 is 18.5 Å². The molecule has 0 radical (unpaired) electrons. The van der Waals surface area contributed by atoms with Crippen molar-refractivity contribution in [1.82, 2.24) is 0 Å². The van der Waals surface area contributed by atoms with Crippen LogP contribution < -0.4 is 11.1 Å². The van der Waals surface area contributed by atoms with Gasteiger partial charge in [0, 0.05) is 11.8 Å². The molecule has 0 saturated heterocycles. The number of anilines is 1. The quantitative estimate of drug-likeness (QED) is 0.657. The maximum atomic E-state index is 13.1. The molecule has 0 unspecified atom stereocenters. The van der Waals surface area contributed by atoms with E-state index in [-0.39, 0.29) is 18.0 Å². The Morgan fingerprint density at radius 1 is 1.40 bits per heavy atom. The zero-order chi connectivity index (χ0) is 14.7. The standard InChI is InChI=1S/C12H10FN3O4/c13-9-3-1-7(5-10(9)16(18)19)15-12(17)11-4-2-8(6-14)20-11/h1-5H,6,14H2,(H,15,17). The molecule has 104 valence electrons. The normalized spacial score (nSPS) is 10.3. The topological polar surface area (TPSA) is 111 Å². The molecule has 1 aromatic carbocycles. The Morgan fingerprint density at radius 3 is 2.75 bits per heavy atom. The van der Waals surface area contributed by atoms with Crippen LogP contribution in [-0.4, -0.2) is 10.8 Å². The number of carbonyl (C=O) groups excluding carboxylic acids is 1. The Morgan fingerprint density at radius 2 is 2.15 bits per heavy atom. The first-order valence-electron chi connectivity index (χ1n) is 5.55. The van der Waals surface area contributed by atoms with Crippen molar-refractivity contribution in [3.8, 4) is 0 Å². The zero-order valence-corrected chi connectivity index (χ0v) is 10.1. The molecule has 1 amide bonds. The molecule has 2 rings (SSSR count). The lowest BCUT2D eigenvalue weighted by Crippen LogP contribution is -2.11. The number of hydrogen-bond acceptors (Lipinski definition) is 5. The molecular weight excluding hydrogens is 269 g/mol. The predicted molar refractivity (Wildman–Crippen MR) is 67.6 cm³/mol. The summed E-state index contributed by atoms with van der Waals surface area (Å²) in [4.78, 5) is 21.5. The largest absolute Gasteiger partial charge is 0.455 e. The van der Waals surface area contributed by atoms with Gasteiger partial charge in [-0.1, -0.05) is 0 Å². The minimum Gasteiger partial charge on any atom is -0.455 e. The summed E-state index contributed by atoms with van der Waals surface area (Å²) in [6, 6.07) is 6.02. The van der Waals surface area contributed by atoms with Crippen molar-refractivity contribution in [1.29, 1.82) is 0 Å². The molecule has 8 heteroatoms. The summed E-state index contributed by atoms with van der Waals surface area (Å²) in [5.41, 5.74) is 4.72. The molecule has 20 heavy (non-hydrogen) atoms. The van der Waals surface area contributed by atoms with E-state index in [1.54, 1.807) is 6.07 Å². The number of nitrogens with zero attached hydrogens (tertiary/aromatic N) is 1. The molecule has 0 aliphatic rings. The fraction of sp³-hybridized carbons (Fsp3) is 0.0833. The highest BCUT2D eigenvalue weighted by Crippen LogP contribution is 2.22. The first-order chi connectivity index (χ1) is 9.51. The summed E-state index contributed by atoms with van der Waals surface area (Å²) < 4.78 is 18.3. The molecule has 0 spiro atoms. The van der Waals surface area contributed by atoms with Gasteiger partial charge in [-0.25, -0.2) is 0 Å². The Labute approximate surface area is 112 Å². The lowest BCUT2D eigenvalue weighted by Gasteiger charge is -2.03. The highest BCUT2D eigenvalue weighted by atomic mass is 19.1. The van der Waals surface area contributed by atoms with E-state index in [4.69, 9.17) is 10.2 Å². The molecule has 0 atom stereocenters. The molecule has 1 aromatic heterocycles. The van der Waals surface area contributed by atoms with E-state index < -0.39 is 22.3 Å². The third-order valence-corrected chi connectivity index (χ3v) is 2.49. The maximum absolute atomic E-state index is 13.1. The number of rotatable bonds is 4. The van der Waals surface area contributed by atoms with E-state index >= 15 is 0 Å². The van der Waals surface area contributed by atoms with E-state index in [2.05, 4.69) is 5.32 Å². The van der Waals surface area contributed by atoms with E-state index in [1.165, 1.54) is 12.1 Å². The van der Waals surface area contributed by atoms with Gasteiger partial charge in [0.05, 0.1) is 11.5 Å². The van der Waals surface area contributed by atoms with Gasteiger partial charge in [-0.3, -0.25) is 14.9 Å². The Kier molecular flexibility index (Phi) is 3.76. The Balaban J connectivity index is 2.19. The maximum Gasteiger partial charge on any atom is 0.306 e. The lowest BCUT2D eigenvalue weighted by molar-refractivity contribution is -0.387. The van der Waals surface area contributed by atoms with Crippen LogP contribution in [0.5, 0.6) is 0 Å². The summed E-state index contributed by atoms with van der Waals surface area (Å²) in [6.45, 7) is 0.148. The van der Waals surface area contributed by atoms with E-state index in [0.717, 1.165) is 12.1 Å². The summed E-state index contributed by atoms with van der Waals surface area (Å²) in [6.07, 6.45) is 0. The highest BCUT2D eigenvalue weighted by molar-refractivity contribution is 6.02. The molecule has 0 aliphatic heterocycles. The summed E-state index contributed by atoms with van der Waals surface area (Å²) >= 11 is 0. The van der Waals surface area contributed by atoms with Gasteiger partial charge < -0.3 is 15.5 Å². The monoisotopic (exact) mass is 279 g/mol. The van der Waals surface area contributed by atoms with Gasteiger partial charge >= 0.3 is 5.69 Å². The second-order valence-corrected chi connectivity index (χ2v) is 3.85. The van der Waals surface area contributed by atoms with E-state index in [9.17, 15) is 19.3 Å². The Bertz CT molecular complexity index is 668. The number of nitro groups is 1. The van der Waals surface area contributed by atoms with Crippen LogP contribution >= 0.6 is 0 Å². The first kappa shape index (κ1) is 13.7. The van der Waals surface area contributed by atoms with Gasteiger partial charge in [-0.15, -0.1) is 0 Å². The van der Waals surface area contributed by atoms with Crippen LogP contribution in [0.2, 0.25) is 0 Å². The molecule has 7 nitrogen and oxygen atoms in total. The Hall–Kier alpha value is -2.74. The molecule has 2 aromatic rings. The van der Waals surface area contributed by atoms with Gasteiger partial charge in [-0.05, 0) is 24.3 Å². The lowest BCUT2D eigenvalue weighted by atomic mass is 10.2. The summed E-state index contributed by atoms with van der Waals surface area (Å²) in [5.74, 6) is -1.14. The number of nitrogens with one attached hydrogen (secondary N) is 1. The number of furan rings is 1. The minimum atomic E-state index is -0.976. The smallest absolute Gasteiger partial charge is 0.306 e. The fourth-order valence-corrected chi connectivity index (χ4v) is 1.53. The summed E-state index contributed by atoms with van der Waals surface area (Å²) in [7, 11) is 0. The molecule has 1 heterocycles. The van der Waals surface area contributed by atoms with Gasteiger partial charge in [0.1, 0.15) is 5.76 Å².